The van der Waals surface area contributed by atoms with Crippen molar-refractivity contribution in [1.82, 2.24) is 0 Å². The van der Waals surface area contributed by atoms with Crippen LogP contribution in [0, 0.1) is 17.8 Å². The minimum Gasteiger partial charge on any atom is -0.324 e. The molecule has 0 spiro atoms. The van der Waals surface area contributed by atoms with E-state index in [4.69, 9.17) is 0 Å². The molecule has 96 valence electrons. The Morgan fingerprint density at radius 3 is 2.44 bits per heavy atom. The molecule has 0 amide bonds. The van der Waals surface area contributed by atoms with Crippen molar-refractivity contribution in [2.45, 2.75) is 19.4 Å². The molecule has 1 nitrogen and oxygen atoms in total. The van der Waals surface area contributed by atoms with Gasteiger partial charge in [0.05, 0.1) is 20.6 Å². The highest BCUT2D eigenvalue weighted by molar-refractivity contribution is 5.13. The molecule has 0 aliphatic heterocycles. The van der Waals surface area contributed by atoms with E-state index in [0.717, 1.165) is 28.8 Å². The first-order valence-corrected chi connectivity index (χ1v) is 7.17. The third-order valence-corrected chi connectivity index (χ3v) is 4.60. The lowest BCUT2D eigenvalue weighted by molar-refractivity contribution is -0.907. The molecule has 3 atom stereocenters. The maximum absolute atomic E-state index is 2.47. The molecular formula is C17H24N+. The second kappa shape index (κ2) is 4.55. The quantitative estimate of drug-likeness (QED) is 0.560. The van der Waals surface area contributed by atoms with E-state index in [0.29, 0.717) is 0 Å². The smallest absolute Gasteiger partial charge is 0.104 e. The molecule has 1 heteroatoms. The molecule has 0 aromatic heterocycles. The Hall–Kier alpha value is -1.08. The first kappa shape index (κ1) is 12.0. The topological polar surface area (TPSA) is 0 Å². The van der Waals surface area contributed by atoms with Crippen LogP contribution in [-0.4, -0.2) is 25.1 Å². The molecule has 0 saturated heterocycles. The summed E-state index contributed by atoms with van der Waals surface area (Å²) in [6.07, 6.45) is 7.77. The van der Waals surface area contributed by atoms with Gasteiger partial charge < -0.3 is 4.48 Å². The van der Waals surface area contributed by atoms with Crippen molar-refractivity contribution in [2.75, 3.05) is 20.6 Å². The molecule has 2 aliphatic rings. The normalized spacial score (nSPS) is 30.0. The lowest BCUT2D eigenvalue weighted by Crippen LogP contribution is -2.43. The highest BCUT2D eigenvalue weighted by atomic mass is 15.3. The molecule has 1 aromatic rings. The SMILES string of the molecule is C[N+](C)(Cc1ccccc1)CC1CC2C=CC1C2. The Morgan fingerprint density at radius 2 is 1.83 bits per heavy atom. The molecule has 3 unspecified atom stereocenters. The Balaban J connectivity index is 1.63. The van der Waals surface area contributed by atoms with Crippen LogP contribution in [0.5, 0.6) is 0 Å². The highest BCUT2D eigenvalue weighted by Crippen LogP contribution is 2.44. The summed E-state index contributed by atoms with van der Waals surface area (Å²) in [6, 6.07) is 10.9. The minimum atomic E-state index is 0.878. The van der Waals surface area contributed by atoms with Gasteiger partial charge in [0.2, 0.25) is 0 Å². The number of hydrogen-bond donors (Lipinski definition) is 0. The lowest BCUT2D eigenvalue weighted by atomic mass is 9.92. The van der Waals surface area contributed by atoms with Crippen molar-refractivity contribution in [2.24, 2.45) is 17.8 Å². The molecule has 0 N–H and O–H groups in total. The molecule has 3 rings (SSSR count). The van der Waals surface area contributed by atoms with E-state index in [1.165, 1.54) is 24.9 Å². The zero-order valence-corrected chi connectivity index (χ0v) is 11.5. The van der Waals surface area contributed by atoms with Gasteiger partial charge >= 0.3 is 0 Å². The van der Waals surface area contributed by atoms with Crippen LogP contribution in [0.1, 0.15) is 18.4 Å². The van der Waals surface area contributed by atoms with Crippen molar-refractivity contribution in [1.29, 1.82) is 0 Å². The van der Waals surface area contributed by atoms with Crippen LogP contribution in [0.25, 0.3) is 0 Å². The summed E-state index contributed by atoms with van der Waals surface area (Å²) in [7, 11) is 4.76. The van der Waals surface area contributed by atoms with Crippen molar-refractivity contribution in [3.8, 4) is 0 Å². The summed E-state index contributed by atoms with van der Waals surface area (Å²) in [5.74, 6) is 2.69. The number of allylic oxidation sites excluding steroid dienone is 2. The maximum Gasteiger partial charge on any atom is 0.104 e. The number of rotatable bonds is 4. The maximum atomic E-state index is 2.47. The first-order chi connectivity index (χ1) is 8.62. The second-order valence-corrected chi connectivity index (χ2v) is 6.80. The molecule has 1 saturated carbocycles. The summed E-state index contributed by atoms with van der Waals surface area (Å²) in [5.41, 5.74) is 1.46. The number of hydrogen-bond acceptors (Lipinski definition) is 0. The first-order valence-electron chi connectivity index (χ1n) is 7.17. The molecule has 0 radical (unpaired) electrons. The Labute approximate surface area is 111 Å². The minimum absolute atomic E-state index is 0.878. The van der Waals surface area contributed by atoms with Crippen LogP contribution in [0.15, 0.2) is 42.5 Å². The second-order valence-electron chi connectivity index (χ2n) is 6.80. The molecule has 18 heavy (non-hydrogen) atoms. The third-order valence-electron chi connectivity index (χ3n) is 4.60. The van der Waals surface area contributed by atoms with Gasteiger partial charge in [-0.05, 0) is 24.7 Å². The predicted molar refractivity (Wildman–Crippen MR) is 76.0 cm³/mol. The summed E-state index contributed by atoms with van der Waals surface area (Å²) in [5, 5.41) is 0. The van der Waals surface area contributed by atoms with Gasteiger partial charge in [-0.15, -0.1) is 0 Å². The third kappa shape index (κ3) is 2.51. The van der Waals surface area contributed by atoms with Crippen LogP contribution in [-0.2, 0) is 6.54 Å². The van der Waals surface area contributed by atoms with Gasteiger partial charge in [-0.25, -0.2) is 0 Å². The molecule has 2 bridgehead atoms. The fraction of sp³-hybridized carbons (Fsp3) is 0.529. The number of nitrogens with zero attached hydrogens (tertiary/aromatic N) is 1. The molecule has 2 aliphatic carbocycles. The van der Waals surface area contributed by atoms with E-state index in [2.05, 4.69) is 56.6 Å². The standard InChI is InChI=1S/C17H24N/c1-18(2,12-14-6-4-3-5-7-14)13-17-11-15-8-9-16(17)10-15/h3-9,15-17H,10-13H2,1-2H3/q+1. The number of benzene rings is 1. The molecule has 1 aromatic carbocycles. The van der Waals surface area contributed by atoms with Crippen molar-refractivity contribution in [3.05, 3.63) is 48.0 Å². The van der Waals surface area contributed by atoms with E-state index < -0.39 is 0 Å². The van der Waals surface area contributed by atoms with E-state index in [1.54, 1.807) is 0 Å². The molecule has 1 fully saturated rings. The summed E-state index contributed by atoms with van der Waals surface area (Å²) < 4.78 is 1.12. The highest BCUT2D eigenvalue weighted by Gasteiger charge is 2.39. The van der Waals surface area contributed by atoms with E-state index in [1.807, 2.05) is 0 Å². The fourth-order valence-electron chi connectivity index (χ4n) is 3.88. The van der Waals surface area contributed by atoms with Gasteiger partial charge in [0.25, 0.3) is 0 Å². The van der Waals surface area contributed by atoms with E-state index in [-0.39, 0.29) is 0 Å². The van der Waals surface area contributed by atoms with E-state index >= 15 is 0 Å². The van der Waals surface area contributed by atoms with Gasteiger partial charge in [0.15, 0.2) is 0 Å². The molecule has 0 heterocycles. The van der Waals surface area contributed by atoms with Crippen LogP contribution >= 0.6 is 0 Å². The number of quaternary nitrogens is 1. The van der Waals surface area contributed by atoms with Crippen molar-refractivity contribution >= 4 is 0 Å². The Bertz CT molecular complexity index is 432. The van der Waals surface area contributed by atoms with Crippen LogP contribution < -0.4 is 0 Å². The van der Waals surface area contributed by atoms with Crippen molar-refractivity contribution < 1.29 is 4.48 Å². The number of fused-ring (bicyclic) bond motifs is 2. The van der Waals surface area contributed by atoms with Gasteiger partial charge in [-0.2, -0.15) is 0 Å². The average molecular weight is 242 g/mol. The zero-order valence-electron chi connectivity index (χ0n) is 11.5. The fourth-order valence-corrected chi connectivity index (χ4v) is 3.88. The van der Waals surface area contributed by atoms with Gasteiger partial charge in [0.1, 0.15) is 6.54 Å². The van der Waals surface area contributed by atoms with Crippen LogP contribution in [0.4, 0.5) is 0 Å². The lowest BCUT2D eigenvalue weighted by Gasteiger charge is -2.34. The average Bonchev–Trinajstić information content (AvgIpc) is 2.90. The molecular weight excluding hydrogens is 218 g/mol. The van der Waals surface area contributed by atoms with Gasteiger partial charge in [-0.3, -0.25) is 0 Å². The van der Waals surface area contributed by atoms with Crippen molar-refractivity contribution in [3.63, 3.8) is 0 Å². The van der Waals surface area contributed by atoms with Gasteiger partial charge in [0, 0.05) is 11.5 Å². The summed E-state index contributed by atoms with van der Waals surface area (Å²) in [4.78, 5) is 0. The Kier molecular flexibility index (Phi) is 3.03. The van der Waals surface area contributed by atoms with E-state index in [9.17, 15) is 0 Å². The van der Waals surface area contributed by atoms with Crippen LogP contribution in [0.3, 0.4) is 0 Å². The zero-order chi connectivity index (χ0) is 12.6. The largest absolute Gasteiger partial charge is 0.324 e. The van der Waals surface area contributed by atoms with Gasteiger partial charge in [-0.1, -0.05) is 42.5 Å². The Morgan fingerprint density at radius 1 is 1.06 bits per heavy atom. The predicted octanol–water partition coefficient (Wildman–Crippen LogP) is 3.48. The summed E-state index contributed by atoms with van der Waals surface area (Å²) in [6.45, 7) is 2.47. The monoisotopic (exact) mass is 242 g/mol. The van der Waals surface area contributed by atoms with Crippen LogP contribution in [0.2, 0.25) is 0 Å². The summed E-state index contributed by atoms with van der Waals surface area (Å²) >= 11 is 0.